The lowest BCUT2D eigenvalue weighted by Crippen LogP contribution is -2.53. The molecule has 3 aliphatic rings. The van der Waals surface area contributed by atoms with Crippen LogP contribution < -0.4 is 14.7 Å². The summed E-state index contributed by atoms with van der Waals surface area (Å²) in [6.07, 6.45) is 9.81. The number of nitrogens with zero attached hydrogens (tertiary/aromatic N) is 15. The van der Waals surface area contributed by atoms with Gasteiger partial charge in [-0.25, -0.2) is 49.6 Å². The molecule has 69 heavy (non-hydrogen) atoms. The zero-order valence-corrected chi connectivity index (χ0v) is 38.4. The van der Waals surface area contributed by atoms with E-state index >= 15 is 0 Å². The first kappa shape index (κ1) is 36.2. The first-order valence-electron chi connectivity index (χ1n) is 27.6. The number of hydrogen-bond acceptors (Lipinski definition) is 12. The van der Waals surface area contributed by atoms with Crippen molar-refractivity contribution >= 4 is 68.3 Å². The number of likely N-dealkylation sites (N-methyl/N-ethyl adjacent to an activating group) is 3. The number of rotatable bonds is 9. The van der Waals surface area contributed by atoms with Crippen molar-refractivity contribution in [3.8, 4) is 0 Å². The lowest BCUT2D eigenvalue weighted by molar-refractivity contribution is -0.131. The first-order valence-corrected chi connectivity index (χ1v) is 22.1. The fourth-order valence-corrected chi connectivity index (χ4v) is 8.70. The molecule has 9 heterocycles. The molecule has 21 nitrogen and oxygen atoms in total. The topological polar surface area (TPSA) is 208 Å². The van der Waals surface area contributed by atoms with Crippen LogP contribution in [0.5, 0.6) is 0 Å². The molecule has 0 saturated carbocycles. The minimum Gasteiger partial charge on any atom is -0.354 e. The van der Waals surface area contributed by atoms with Crippen LogP contribution in [0.1, 0.15) is 54.9 Å². The SMILES string of the molecule is [2H]C([2H])([2H])[C@@H]1CCN(C(=O)C[N+]#[C-])C[C@@H]1N(C)c1ncnc2[nH]ccc12.[2H]C([2H])([2H])[C@@H]1CCN(C(=O)C[N+]#[C-])C[C@]1([2H])N(C)c1ncnc2[nH]ccc12.[2H]C([2H])([2H])[C@]1([2H])CCN(C(=O)C[N+]#[C-])C[C@@H]1N(C)c1ncnc2[nH]ccc12. The molecule has 3 N–H and O–H groups in total. The lowest BCUT2D eigenvalue weighted by atomic mass is 9.92. The number of hydrogen-bond donors (Lipinski definition) is 3. The average Bonchev–Trinajstić information content (AvgIpc) is 4.35. The van der Waals surface area contributed by atoms with Gasteiger partial charge in [-0.1, -0.05) is 20.6 Å². The minimum atomic E-state index is -2.54. The van der Waals surface area contributed by atoms with E-state index in [1.54, 1.807) is 61.7 Å². The summed E-state index contributed by atoms with van der Waals surface area (Å²) in [6.45, 7) is 13.7. The van der Waals surface area contributed by atoms with Crippen LogP contribution in [-0.2, 0) is 14.4 Å². The van der Waals surface area contributed by atoms with Gasteiger partial charge >= 0.3 is 17.7 Å². The molecule has 3 amide bonds. The van der Waals surface area contributed by atoms with Gasteiger partial charge in [0.15, 0.2) is 0 Å². The third-order valence-corrected chi connectivity index (χ3v) is 12.6. The fourth-order valence-electron chi connectivity index (χ4n) is 8.70. The van der Waals surface area contributed by atoms with Crippen LogP contribution in [0.4, 0.5) is 17.5 Å². The van der Waals surface area contributed by atoms with Gasteiger partial charge in [0.25, 0.3) is 19.6 Å². The third kappa shape index (κ3) is 11.0. The highest BCUT2D eigenvalue weighted by molar-refractivity contribution is 5.89. The third-order valence-electron chi connectivity index (χ3n) is 12.6. The molecule has 9 rings (SSSR count). The van der Waals surface area contributed by atoms with E-state index in [4.69, 9.17) is 34.8 Å². The number of amides is 3. The monoisotopic (exact) mass is 948 g/mol. The standard InChI is InChI=1S/3C16H20N6O/c3*1-11-5-7-22(14(23)8-17-2)9-13(11)21(3)16-12-4-6-18-15(12)19-10-20-16/h3*4,6,10-11,13H,5,7-9H2,1,3H3,(H,18,19,20)/t3*11-,13+/m111/s1/i1D3,13D;1D3,11D;1D3. The molecule has 0 unspecified atom stereocenters. The zero-order chi connectivity index (χ0) is 58.5. The van der Waals surface area contributed by atoms with Gasteiger partial charge in [-0.2, -0.15) is 0 Å². The van der Waals surface area contributed by atoms with Crippen LogP contribution in [0.3, 0.4) is 0 Å². The fraction of sp³-hybridized carbons (Fsp3) is 0.500. The zero-order valence-electron chi connectivity index (χ0n) is 49.4. The second-order valence-corrected chi connectivity index (χ2v) is 16.6. The number of carbonyl (C=O) groups excluding carboxylic acids is 3. The summed E-state index contributed by atoms with van der Waals surface area (Å²) >= 11 is 0. The van der Waals surface area contributed by atoms with Crippen molar-refractivity contribution in [3.05, 3.63) is 90.0 Å². The summed E-state index contributed by atoms with van der Waals surface area (Å²) in [6, 6.07) is 2.52. The van der Waals surface area contributed by atoms with Gasteiger partial charge in [0, 0.05) is 92.7 Å². The van der Waals surface area contributed by atoms with E-state index in [0.29, 0.717) is 58.1 Å². The maximum atomic E-state index is 12.2. The molecular formula is C48H60N18O3. The van der Waals surface area contributed by atoms with Gasteiger partial charge in [-0.15, -0.1) is 0 Å². The van der Waals surface area contributed by atoms with Crippen LogP contribution in [0.25, 0.3) is 47.6 Å². The Labute approximate surface area is 417 Å². The second-order valence-electron chi connectivity index (χ2n) is 16.6. The Morgan fingerprint density at radius 1 is 0.594 bits per heavy atom. The van der Waals surface area contributed by atoms with Crippen molar-refractivity contribution in [1.82, 2.24) is 59.6 Å². The summed E-state index contributed by atoms with van der Waals surface area (Å²) in [4.78, 5) is 89.6. The molecule has 6 aromatic rings. The molecule has 6 aromatic heterocycles. The number of likely N-dealkylation sites (tertiary alicyclic amines) is 3. The summed E-state index contributed by atoms with van der Waals surface area (Å²) in [7, 11) is 5.08. The number of H-pyrrole nitrogens is 3. The number of aromatic amines is 3. The highest BCUT2D eigenvalue weighted by Gasteiger charge is 2.36. The predicted molar refractivity (Wildman–Crippen MR) is 264 cm³/mol. The normalized spacial score (nSPS) is 26.2. The van der Waals surface area contributed by atoms with Crippen LogP contribution in [0, 0.1) is 37.4 Å². The smallest absolute Gasteiger partial charge is 0.302 e. The van der Waals surface area contributed by atoms with Crippen molar-refractivity contribution in [2.75, 3.05) is 94.7 Å². The maximum Gasteiger partial charge on any atom is 0.302 e. The number of piperidine rings is 3. The molecule has 6 atom stereocenters. The molecule has 3 saturated heterocycles. The van der Waals surface area contributed by atoms with E-state index in [1.165, 1.54) is 33.7 Å². The van der Waals surface area contributed by atoms with Crippen LogP contribution >= 0.6 is 0 Å². The van der Waals surface area contributed by atoms with Gasteiger partial charge in [0.05, 0.1) is 35.6 Å². The number of fused-ring (bicyclic) bond motifs is 3. The van der Waals surface area contributed by atoms with Gasteiger partial charge in [-0.3, -0.25) is 14.4 Å². The van der Waals surface area contributed by atoms with E-state index in [2.05, 4.69) is 59.4 Å². The molecule has 0 bridgehead atoms. The van der Waals surface area contributed by atoms with Crippen molar-refractivity contribution < 1.29 is 29.5 Å². The summed E-state index contributed by atoms with van der Waals surface area (Å²) < 4.78 is 89.1. The molecule has 0 spiro atoms. The van der Waals surface area contributed by atoms with Crippen LogP contribution in [-0.4, -0.2) is 175 Å². The predicted octanol–water partition coefficient (Wildman–Crippen LogP) is 4.65. The molecule has 21 heteroatoms. The molecule has 3 fully saturated rings. The molecule has 3 aliphatic heterocycles. The largest absolute Gasteiger partial charge is 0.354 e. The summed E-state index contributed by atoms with van der Waals surface area (Å²) in [5, 5.41) is 2.17. The Hall–Kier alpha value is -7.86. The maximum absolute atomic E-state index is 12.2. The number of anilines is 3. The number of aromatic nitrogens is 9. The molecule has 0 aromatic carbocycles. The van der Waals surface area contributed by atoms with Crippen molar-refractivity contribution in [1.29, 1.82) is 0 Å². The molecule has 0 radical (unpaired) electrons. The van der Waals surface area contributed by atoms with Gasteiger partial charge in [0.2, 0.25) is 0 Å². The Morgan fingerprint density at radius 3 is 1.45 bits per heavy atom. The van der Waals surface area contributed by atoms with Crippen LogP contribution in [0.15, 0.2) is 55.8 Å². The van der Waals surface area contributed by atoms with E-state index < -0.39 is 62.3 Å². The average molecular weight is 948 g/mol. The summed E-state index contributed by atoms with van der Waals surface area (Å²) in [5.74, 6) is -2.82. The van der Waals surface area contributed by atoms with Crippen molar-refractivity contribution in [2.24, 2.45) is 17.7 Å². The van der Waals surface area contributed by atoms with Gasteiger partial charge in [0.1, 0.15) is 53.4 Å². The molecule has 360 valence electrons. The number of nitrogens with one attached hydrogen (secondary N) is 3. The second kappa shape index (κ2) is 22.3. The van der Waals surface area contributed by atoms with E-state index in [9.17, 15) is 14.4 Å². The van der Waals surface area contributed by atoms with E-state index in [-0.39, 0.29) is 77.0 Å². The van der Waals surface area contributed by atoms with E-state index in [0.717, 1.165) is 5.39 Å². The summed E-state index contributed by atoms with van der Waals surface area (Å²) in [5.41, 5.74) is 1.86. The van der Waals surface area contributed by atoms with Gasteiger partial charge < -0.3 is 58.9 Å². The van der Waals surface area contributed by atoms with Crippen molar-refractivity contribution in [3.63, 3.8) is 0 Å². The van der Waals surface area contributed by atoms with Crippen LogP contribution in [0.2, 0.25) is 0 Å². The Morgan fingerprint density at radius 2 is 1.00 bits per heavy atom. The molecular weight excluding hydrogens is 877 g/mol. The molecule has 0 aliphatic carbocycles. The highest BCUT2D eigenvalue weighted by atomic mass is 16.2. The van der Waals surface area contributed by atoms with Gasteiger partial charge in [-0.05, 0) is 55.2 Å². The van der Waals surface area contributed by atoms with Crippen molar-refractivity contribution in [2.45, 2.75) is 57.9 Å². The Kier molecular flexibility index (Phi) is 11.7. The Bertz CT molecular complexity index is 3310. The Balaban J connectivity index is 0.000000173. The first-order chi connectivity index (χ1) is 37.7. The minimum absolute atomic E-state index is 0.0103. The number of carbonyl (C=O) groups is 3. The highest BCUT2D eigenvalue weighted by Crippen LogP contribution is 2.31. The lowest BCUT2D eigenvalue weighted by Gasteiger charge is -2.41. The van der Waals surface area contributed by atoms with E-state index in [1.807, 2.05) is 11.0 Å². The quantitative estimate of drug-likeness (QED) is 0.169.